The van der Waals surface area contributed by atoms with Crippen molar-refractivity contribution in [1.82, 2.24) is 20.2 Å². The fourth-order valence-electron chi connectivity index (χ4n) is 2.93. The minimum absolute atomic E-state index is 0.169. The molecule has 0 aliphatic rings. The molecule has 3 aromatic carbocycles. The van der Waals surface area contributed by atoms with E-state index in [1.54, 1.807) is 55.3 Å². The van der Waals surface area contributed by atoms with Crippen LogP contribution in [0.5, 0.6) is 11.5 Å². The van der Waals surface area contributed by atoms with Crippen molar-refractivity contribution in [2.75, 3.05) is 19.5 Å². The highest BCUT2D eigenvalue weighted by Gasteiger charge is 2.11. The molecule has 1 N–H and O–H groups in total. The Hall–Kier alpha value is -3.85. The van der Waals surface area contributed by atoms with Crippen LogP contribution in [-0.4, -0.2) is 40.3 Å². The SMILES string of the molecule is COc1ccc(NC(=O)c2ccc(CSc3nnnn3-c3ccc(OC)cc3)cc2)cc1. The zero-order valence-electron chi connectivity index (χ0n) is 17.6. The van der Waals surface area contributed by atoms with Gasteiger partial charge in [-0.25, -0.2) is 0 Å². The van der Waals surface area contributed by atoms with Gasteiger partial charge in [0.1, 0.15) is 11.5 Å². The van der Waals surface area contributed by atoms with Crippen molar-refractivity contribution in [3.8, 4) is 17.2 Å². The fraction of sp³-hybridized carbons (Fsp3) is 0.130. The van der Waals surface area contributed by atoms with Crippen molar-refractivity contribution in [2.24, 2.45) is 0 Å². The van der Waals surface area contributed by atoms with Gasteiger partial charge in [0, 0.05) is 17.0 Å². The predicted molar refractivity (Wildman–Crippen MR) is 123 cm³/mol. The van der Waals surface area contributed by atoms with E-state index in [2.05, 4.69) is 20.8 Å². The summed E-state index contributed by atoms with van der Waals surface area (Å²) in [5.74, 6) is 2.00. The molecule has 1 aromatic heterocycles. The Morgan fingerprint density at radius 2 is 1.53 bits per heavy atom. The Morgan fingerprint density at radius 3 is 2.16 bits per heavy atom. The Bertz CT molecular complexity index is 1180. The average molecular weight is 448 g/mol. The molecule has 1 heterocycles. The van der Waals surface area contributed by atoms with Crippen molar-refractivity contribution in [3.05, 3.63) is 83.9 Å². The molecular weight excluding hydrogens is 426 g/mol. The number of aromatic nitrogens is 4. The lowest BCUT2D eigenvalue weighted by atomic mass is 10.1. The molecule has 0 spiro atoms. The van der Waals surface area contributed by atoms with Crippen LogP contribution in [0.3, 0.4) is 0 Å². The number of carbonyl (C=O) groups is 1. The Labute approximate surface area is 189 Å². The van der Waals surface area contributed by atoms with Gasteiger partial charge in [0.05, 0.1) is 19.9 Å². The number of methoxy groups -OCH3 is 2. The largest absolute Gasteiger partial charge is 0.497 e. The minimum Gasteiger partial charge on any atom is -0.497 e. The minimum atomic E-state index is -0.169. The lowest BCUT2D eigenvalue weighted by Gasteiger charge is -2.08. The molecule has 0 atom stereocenters. The maximum absolute atomic E-state index is 12.5. The normalized spacial score (nSPS) is 10.6. The van der Waals surface area contributed by atoms with Gasteiger partial charge in [0.2, 0.25) is 5.16 Å². The van der Waals surface area contributed by atoms with Gasteiger partial charge in [-0.2, -0.15) is 4.68 Å². The number of thioether (sulfide) groups is 1. The summed E-state index contributed by atoms with van der Waals surface area (Å²) in [4.78, 5) is 12.5. The first-order chi connectivity index (χ1) is 15.7. The molecule has 0 aliphatic heterocycles. The van der Waals surface area contributed by atoms with Crippen LogP contribution in [0.15, 0.2) is 78.0 Å². The summed E-state index contributed by atoms with van der Waals surface area (Å²) in [7, 11) is 3.23. The number of hydrogen-bond donors (Lipinski definition) is 1. The molecule has 162 valence electrons. The summed E-state index contributed by atoms with van der Waals surface area (Å²) in [5, 5.41) is 15.5. The van der Waals surface area contributed by atoms with E-state index in [4.69, 9.17) is 9.47 Å². The number of hydrogen-bond acceptors (Lipinski definition) is 7. The number of benzene rings is 3. The molecule has 0 fully saturated rings. The van der Waals surface area contributed by atoms with Crippen LogP contribution in [-0.2, 0) is 5.75 Å². The molecule has 4 rings (SSSR count). The average Bonchev–Trinajstić information content (AvgIpc) is 3.32. The van der Waals surface area contributed by atoms with E-state index in [1.807, 2.05) is 36.4 Å². The fourth-order valence-corrected chi connectivity index (χ4v) is 3.78. The van der Waals surface area contributed by atoms with Crippen LogP contribution < -0.4 is 14.8 Å². The number of amides is 1. The van der Waals surface area contributed by atoms with Crippen LogP contribution in [0, 0.1) is 0 Å². The first-order valence-electron chi connectivity index (χ1n) is 9.76. The van der Waals surface area contributed by atoms with Crippen LogP contribution in [0.4, 0.5) is 5.69 Å². The second kappa shape index (κ2) is 9.97. The van der Waals surface area contributed by atoms with Crippen LogP contribution in [0.2, 0.25) is 0 Å². The molecular formula is C23H21N5O3S. The summed E-state index contributed by atoms with van der Waals surface area (Å²) < 4.78 is 12.0. The van der Waals surface area contributed by atoms with E-state index in [1.165, 1.54) is 11.8 Å². The second-order valence-electron chi connectivity index (χ2n) is 6.74. The summed E-state index contributed by atoms with van der Waals surface area (Å²) >= 11 is 1.52. The van der Waals surface area contributed by atoms with Crippen molar-refractivity contribution < 1.29 is 14.3 Å². The van der Waals surface area contributed by atoms with Crippen LogP contribution >= 0.6 is 11.8 Å². The number of rotatable bonds is 8. The molecule has 32 heavy (non-hydrogen) atoms. The first kappa shape index (κ1) is 21.4. The molecule has 0 saturated heterocycles. The number of nitrogens with one attached hydrogen (secondary N) is 1. The van der Waals surface area contributed by atoms with Crippen LogP contribution in [0.1, 0.15) is 15.9 Å². The van der Waals surface area contributed by atoms with Gasteiger partial charge in [0.25, 0.3) is 5.91 Å². The summed E-state index contributed by atoms with van der Waals surface area (Å²) in [6, 6.07) is 22.2. The van der Waals surface area contributed by atoms with Gasteiger partial charge in [-0.15, -0.1) is 5.10 Å². The lowest BCUT2D eigenvalue weighted by Crippen LogP contribution is -2.11. The molecule has 9 heteroatoms. The van der Waals surface area contributed by atoms with Crippen molar-refractivity contribution in [3.63, 3.8) is 0 Å². The number of anilines is 1. The highest BCUT2D eigenvalue weighted by atomic mass is 32.2. The Morgan fingerprint density at radius 1 is 0.906 bits per heavy atom. The van der Waals surface area contributed by atoms with E-state index in [0.29, 0.717) is 22.2 Å². The van der Waals surface area contributed by atoms with Gasteiger partial charge < -0.3 is 14.8 Å². The zero-order chi connectivity index (χ0) is 22.3. The number of carbonyl (C=O) groups excluding carboxylic acids is 1. The van der Waals surface area contributed by atoms with Gasteiger partial charge in [-0.05, 0) is 76.7 Å². The van der Waals surface area contributed by atoms with E-state index in [0.717, 1.165) is 22.7 Å². The van der Waals surface area contributed by atoms with E-state index >= 15 is 0 Å². The standard InChI is InChI=1S/C23H21N5O3S/c1-30-20-11-7-18(8-12-20)24-22(29)17-5-3-16(4-6-17)15-32-23-25-26-27-28(23)19-9-13-21(31-2)14-10-19/h3-14H,15H2,1-2H3,(H,24,29). The quantitative estimate of drug-likeness (QED) is 0.404. The third kappa shape index (κ3) is 5.06. The molecule has 0 aliphatic carbocycles. The summed E-state index contributed by atoms with van der Waals surface area (Å²) in [5.41, 5.74) is 3.20. The molecule has 0 radical (unpaired) electrons. The maximum Gasteiger partial charge on any atom is 0.255 e. The van der Waals surface area contributed by atoms with Crippen LogP contribution in [0.25, 0.3) is 5.69 Å². The molecule has 8 nitrogen and oxygen atoms in total. The van der Waals surface area contributed by atoms with E-state index in [-0.39, 0.29) is 5.91 Å². The monoisotopic (exact) mass is 447 g/mol. The highest BCUT2D eigenvalue weighted by Crippen LogP contribution is 2.24. The summed E-state index contributed by atoms with van der Waals surface area (Å²) in [6.45, 7) is 0. The van der Waals surface area contributed by atoms with Gasteiger partial charge in [0.15, 0.2) is 0 Å². The third-order valence-corrected chi connectivity index (χ3v) is 5.68. The molecule has 0 unspecified atom stereocenters. The number of tetrazole rings is 1. The van der Waals surface area contributed by atoms with Gasteiger partial charge >= 0.3 is 0 Å². The Balaban J connectivity index is 1.37. The summed E-state index contributed by atoms with van der Waals surface area (Å²) in [6.07, 6.45) is 0. The molecule has 1 amide bonds. The first-order valence-corrected chi connectivity index (χ1v) is 10.7. The zero-order valence-corrected chi connectivity index (χ0v) is 18.4. The molecule has 0 bridgehead atoms. The van der Waals surface area contributed by atoms with E-state index < -0.39 is 0 Å². The number of ether oxygens (including phenoxy) is 2. The second-order valence-corrected chi connectivity index (χ2v) is 7.68. The van der Waals surface area contributed by atoms with Crippen molar-refractivity contribution in [2.45, 2.75) is 10.9 Å². The Kier molecular flexibility index (Phi) is 6.66. The van der Waals surface area contributed by atoms with E-state index in [9.17, 15) is 4.79 Å². The highest BCUT2D eigenvalue weighted by molar-refractivity contribution is 7.98. The van der Waals surface area contributed by atoms with Crippen molar-refractivity contribution >= 4 is 23.4 Å². The topological polar surface area (TPSA) is 91.2 Å². The molecule has 0 saturated carbocycles. The van der Waals surface area contributed by atoms with Gasteiger partial charge in [-0.3, -0.25) is 4.79 Å². The smallest absolute Gasteiger partial charge is 0.255 e. The molecule has 4 aromatic rings. The third-order valence-electron chi connectivity index (χ3n) is 4.69. The number of nitrogens with zero attached hydrogens (tertiary/aromatic N) is 4. The lowest BCUT2D eigenvalue weighted by molar-refractivity contribution is 0.102. The van der Waals surface area contributed by atoms with Gasteiger partial charge in [-0.1, -0.05) is 23.9 Å². The van der Waals surface area contributed by atoms with Crippen molar-refractivity contribution in [1.29, 1.82) is 0 Å². The maximum atomic E-state index is 12.5. The predicted octanol–water partition coefficient (Wildman–Crippen LogP) is 4.22.